The van der Waals surface area contributed by atoms with Crippen LogP contribution in [0.4, 0.5) is 0 Å². The van der Waals surface area contributed by atoms with Gasteiger partial charge in [-0.15, -0.1) is 0 Å². The molecule has 1 atom stereocenters. The molecule has 4 nitrogen and oxygen atoms in total. The van der Waals surface area contributed by atoms with Gasteiger partial charge in [0, 0.05) is 42.5 Å². The van der Waals surface area contributed by atoms with E-state index in [1.54, 1.807) is 0 Å². The van der Waals surface area contributed by atoms with Gasteiger partial charge < -0.3 is 14.6 Å². The lowest BCUT2D eigenvalue weighted by Crippen LogP contribution is -2.41. The molecule has 4 rings (SSSR count). The standard InChI is InChI=1S/C25H30N2O2/c1-25(2,3)19-10-8-18(9-11-19)21(16-24(28)27-12-14-29-15-13-27)22-17-26-23-7-5-4-6-20(22)23/h4-11,17,21,26H,12-16H2,1-3H3/t21-/m0/s1. The van der Waals surface area contributed by atoms with Gasteiger partial charge in [0.2, 0.25) is 5.91 Å². The summed E-state index contributed by atoms with van der Waals surface area (Å²) in [5.41, 5.74) is 4.89. The number of nitrogens with one attached hydrogen (secondary N) is 1. The minimum absolute atomic E-state index is 0.0236. The highest BCUT2D eigenvalue weighted by atomic mass is 16.5. The molecule has 0 radical (unpaired) electrons. The van der Waals surface area contributed by atoms with Crippen LogP contribution >= 0.6 is 0 Å². The van der Waals surface area contributed by atoms with Crippen LogP contribution in [0.1, 0.15) is 49.8 Å². The Hall–Kier alpha value is -2.59. The summed E-state index contributed by atoms with van der Waals surface area (Å²) in [6.45, 7) is 9.29. The minimum atomic E-state index is 0.0236. The lowest BCUT2D eigenvalue weighted by Gasteiger charge is -2.29. The van der Waals surface area contributed by atoms with E-state index in [9.17, 15) is 4.79 Å². The van der Waals surface area contributed by atoms with Gasteiger partial charge in [-0.25, -0.2) is 0 Å². The predicted octanol–water partition coefficient (Wildman–Crippen LogP) is 4.85. The number of hydrogen-bond acceptors (Lipinski definition) is 2. The van der Waals surface area contributed by atoms with E-state index in [0.717, 1.165) is 5.52 Å². The number of nitrogens with zero attached hydrogens (tertiary/aromatic N) is 1. The molecule has 1 aliphatic rings. The number of aromatic nitrogens is 1. The summed E-state index contributed by atoms with van der Waals surface area (Å²) in [5, 5.41) is 1.19. The molecule has 1 aromatic heterocycles. The zero-order valence-corrected chi connectivity index (χ0v) is 17.6. The number of carbonyl (C=O) groups is 1. The zero-order valence-electron chi connectivity index (χ0n) is 17.6. The summed E-state index contributed by atoms with van der Waals surface area (Å²) in [6, 6.07) is 17.1. The quantitative estimate of drug-likeness (QED) is 0.692. The average molecular weight is 391 g/mol. The molecule has 0 unspecified atom stereocenters. The molecule has 0 saturated carbocycles. The van der Waals surface area contributed by atoms with Crippen molar-refractivity contribution in [2.75, 3.05) is 26.3 Å². The molecule has 4 heteroatoms. The van der Waals surface area contributed by atoms with Crippen molar-refractivity contribution in [2.45, 2.75) is 38.5 Å². The number of fused-ring (bicyclic) bond motifs is 1. The van der Waals surface area contributed by atoms with Gasteiger partial charge in [-0.2, -0.15) is 0 Å². The Kier molecular flexibility index (Phi) is 5.46. The molecule has 1 aliphatic heterocycles. The number of morpholine rings is 1. The third-order valence-electron chi connectivity index (χ3n) is 5.92. The SMILES string of the molecule is CC(C)(C)c1ccc([C@H](CC(=O)N2CCOCC2)c2c[nH]c3ccccc23)cc1. The van der Waals surface area contributed by atoms with Crippen LogP contribution in [0.25, 0.3) is 10.9 Å². The fourth-order valence-electron chi connectivity index (χ4n) is 4.12. The van der Waals surface area contributed by atoms with Crippen molar-refractivity contribution in [3.05, 3.63) is 71.4 Å². The second kappa shape index (κ2) is 8.03. The van der Waals surface area contributed by atoms with Crippen LogP contribution in [0.2, 0.25) is 0 Å². The molecule has 1 saturated heterocycles. The van der Waals surface area contributed by atoms with Gasteiger partial charge in [0.1, 0.15) is 0 Å². The molecule has 1 amide bonds. The molecule has 2 aromatic carbocycles. The van der Waals surface area contributed by atoms with Crippen LogP contribution in [0.5, 0.6) is 0 Å². The summed E-state index contributed by atoms with van der Waals surface area (Å²) < 4.78 is 5.42. The zero-order chi connectivity index (χ0) is 20.4. The molecule has 152 valence electrons. The Morgan fingerprint density at radius 3 is 2.45 bits per heavy atom. The van der Waals surface area contributed by atoms with E-state index in [0.29, 0.717) is 32.7 Å². The molecule has 0 spiro atoms. The number of amides is 1. The third kappa shape index (κ3) is 4.23. The van der Waals surface area contributed by atoms with Gasteiger partial charge in [-0.3, -0.25) is 4.79 Å². The van der Waals surface area contributed by atoms with Crippen LogP contribution in [-0.2, 0) is 14.9 Å². The number of benzene rings is 2. The van der Waals surface area contributed by atoms with Crippen molar-refractivity contribution in [3.63, 3.8) is 0 Å². The van der Waals surface area contributed by atoms with E-state index in [-0.39, 0.29) is 17.2 Å². The van der Waals surface area contributed by atoms with Gasteiger partial charge in [-0.05, 0) is 28.2 Å². The highest BCUT2D eigenvalue weighted by molar-refractivity contribution is 5.86. The van der Waals surface area contributed by atoms with Crippen LogP contribution in [0.15, 0.2) is 54.7 Å². The first-order chi connectivity index (χ1) is 13.9. The first-order valence-corrected chi connectivity index (χ1v) is 10.5. The number of aromatic amines is 1. The lowest BCUT2D eigenvalue weighted by molar-refractivity contribution is -0.135. The molecular formula is C25H30N2O2. The molecular weight excluding hydrogens is 360 g/mol. The number of H-pyrrole nitrogens is 1. The van der Waals surface area contributed by atoms with Crippen molar-refractivity contribution < 1.29 is 9.53 Å². The normalized spacial score (nSPS) is 16.2. The van der Waals surface area contributed by atoms with E-state index in [2.05, 4.69) is 74.4 Å². The van der Waals surface area contributed by atoms with Gasteiger partial charge in [0.25, 0.3) is 0 Å². The minimum Gasteiger partial charge on any atom is -0.378 e. The fourth-order valence-corrected chi connectivity index (χ4v) is 4.12. The fraction of sp³-hybridized carbons (Fsp3) is 0.400. The number of para-hydroxylation sites is 1. The van der Waals surface area contributed by atoms with Crippen molar-refractivity contribution in [1.29, 1.82) is 0 Å². The van der Waals surface area contributed by atoms with Crippen molar-refractivity contribution in [3.8, 4) is 0 Å². The van der Waals surface area contributed by atoms with E-state index < -0.39 is 0 Å². The monoisotopic (exact) mass is 390 g/mol. The summed E-state index contributed by atoms with van der Waals surface area (Å²) >= 11 is 0. The smallest absolute Gasteiger partial charge is 0.223 e. The summed E-state index contributed by atoms with van der Waals surface area (Å²) in [7, 11) is 0. The third-order valence-corrected chi connectivity index (χ3v) is 5.92. The molecule has 3 aromatic rings. The number of rotatable bonds is 4. The Morgan fingerprint density at radius 1 is 1.07 bits per heavy atom. The Balaban J connectivity index is 1.70. The van der Waals surface area contributed by atoms with Gasteiger partial charge in [0.15, 0.2) is 0 Å². The molecule has 0 bridgehead atoms. The summed E-state index contributed by atoms with van der Waals surface area (Å²) in [5.74, 6) is 0.221. The first-order valence-electron chi connectivity index (χ1n) is 10.5. The Morgan fingerprint density at radius 2 is 1.76 bits per heavy atom. The van der Waals surface area contributed by atoms with Gasteiger partial charge in [0.05, 0.1) is 13.2 Å². The van der Waals surface area contributed by atoms with E-state index in [1.165, 1.54) is 22.1 Å². The van der Waals surface area contributed by atoms with Gasteiger partial charge in [-0.1, -0.05) is 63.2 Å². The predicted molar refractivity (Wildman–Crippen MR) is 117 cm³/mol. The van der Waals surface area contributed by atoms with E-state index in [1.807, 2.05) is 11.0 Å². The first kappa shape index (κ1) is 19.7. The number of hydrogen-bond donors (Lipinski definition) is 1. The lowest BCUT2D eigenvalue weighted by atomic mass is 9.83. The maximum absolute atomic E-state index is 13.1. The van der Waals surface area contributed by atoms with Crippen molar-refractivity contribution in [1.82, 2.24) is 9.88 Å². The van der Waals surface area contributed by atoms with Gasteiger partial charge >= 0.3 is 0 Å². The molecule has 29 heavy (non-hydrogen) atoms. The maximum Gasteiger partial charge on any atom is 0.223 e. The second-order valence-corrected chi connectivity index (χ2v) is 8.91. The molecule has 1 fully saturated rings. The topological polar surface area (TPSA) is 45.3 Å². The highest BCUT2D eigenvalue weighted by Crippen LogP contribution is 2.35. The molecule has 0 aliphatic carbocycles. The Bertz CT molecular complexity index is 976. The van der Waals surface area contributed by atoms with Crippen LogP contribution in [0.3, 0.4) is 0 Å². The summed E-state index contributed by atoms with van der Waals surface area (Å²) in [6.07, 6.45) is 2.54. The van der Waals surface area contributed by atoms with E-state index >= 15 is 0 Å². The maximum atomic E-state index is 13.1. The second-order valence-electron chi connectivity index (χ2n) is 8.91. The number of ether oxygens (including phenoxy) is 1. The van der Waals surface area contributed by atoms with Crippen LogP contribution < -0.4 is 0 Å². The van der Waals surface area contributed by atoms with Crippen LogP contribution in [-0.4, -0.2) is 42.1 Å². The molecule has 2 heterocycles. The molecule has 1 N–H and O–H groups in total. The highest BCUT2D eigenvalue weighted by Gasteiger charge is 2.26. The average Bonchev–Trinajstić information content (AvgIpc) is 3.16. The van der Waals surface area contributed by atoms with Crippen LogP contribution in [0, 0.1) is 0 Å². The largest absolute Gasteiger partial charge is 0.378 e. The van der Waals surface area contributed by atoms with E-state index in [4.69, 9.17) is 4.74 Å². The number of carbonyl (C=O) groups excluding carboxylic acids is 1. The van der Waals surface area contributed by atoms with Crippen molar-refractivity contribution in [2.24, 2.45) is 0 Å². The Labute approximate surface area is 172 Å². The van der Waals surface area contributed by atoms with Crippen molar-refractivity contribution >= 4 is 16.8 Å². The summed E-state index contributed by atoms with van der Waals surface area (Å²) in [4.78, 5) is 18.4.